The number of sulfone groups is 1. The lowest BCUT2D eigenvalue weighted by Crippen LogP contribution is -2.57. The van der Waals surface area contributed by atoms with Gasteiger partial charge in [0.2, 0.25) is 0 Å². The normalized spacial score (nSPS) is 37.6. The third-order valence-corrected chi connectivity index (χ3v) is 5.68. The first-order chi connectivity index (χ1) is 5.55. The lowest BCUT2D eigenvalue weighted by atomic mass is 9.74. The molecule has 4 heteroatoms. The van der Waals surface area contributed by atoms with Gasteiger partial charge in [-0.2, -0.15) is 0 Å². The van der Waals surface area contributed by atoms with Gasteiger partial charge in [0.05, 0.1) is 11.0 Å². The predicted octanol–water partition coefficient (Wildman–Crippen LogP) is 0.445. The molecule has 0 aromatic rings. The second kappa shape index (κ2) is 2.45. The summed E-state index contributed by atoms with van der Waals surface area (Å²) in [5.74, 6) is 0.358. The number of hydrogen-bond donors (Lipinski definition) is 1. The van der Waals surface area contributed by atoms with Gasteiger partial charge in [-0.3, -0.25) is 0 Å². The Labute approximate surface area is 73.2 Å². The quantitative estimate of drug-likeness (QED) is 0.651. The molecule has 0 aromatic carbocycles. The van der Waals surface area contributed by atoms with Crippen LogP contribution in [0.1, 0.15) is 32.1 Å². The second-order valence-corrected chi connectivity index (χ2v) is 6.39. The zero-order valence-electron chi connectivity index (χ0n) is 7.12. The Kier molecular flexibility index (Phi) is 1.74. The Balaban J connectivity index is 2.23. The van der Waals surface area contributed by atoms with Crippen LogP contribution < -0.4 is 5.73 Å². The minimum absolute atomic E-state index is 0.223. The highest BCUT2D eigenvalue weighted by Crippen LogP contribution is 2.40. The molecule has 1 aliphatic heterocycles. The summed E-state index contributed by atoms with van der Waals surface area (Å²) in [6.07, 6.45) is 4.50. The van der Waals surface area contributed by atoms with Crippen molar-refractivity contribution in [3.05, 3.63) is 0 Å². The summed E-state index contributed by atoms with van der Waals surface area (Å²) >= 11 is 0. The topological polar surface area (TPSA) is 60.2 Å². The van der Waals surface area contributed by atoms with E-state index in [1.807, 2.05) is 0 Å². The average Bonchev–Trinajstić information content (AvgIpc) is 2.25. The van der Waals surface area contributed by atoms with Gasteiger partial charge in [-0.1, -0.05) is 0 Å². The van der Waals surface area contributed by atoms with Crippen molar-refractivity contribution in [2.45, 2.75) is 42.9 Å². The van der Waals surface area contributed by atoms with Gasteiger partial charge in [0.1, 0.15) is 0 Å². The second-order valence-electron chi connectivity index (χ2n) is 4.08. The summed E-state index contributed by atoms with van der Waals surface area (Å²) < 4.78 is 23.0. The van der Waals surface area contributed by atoms with E-state index in [9.17, 15) is 8.42 Å². The van der Waals surface area contributed by atoms with Gasteiger partial charge >= 0.3 is 0 Å². The molecule has 70 valence electrons. The van der Waals surface area contributed by atoms with Crippen LogP contribution in [0.25, 0.3) is 0 Å². The molecule has 12 heavy (non-hydrogen) atoms. The summed E-state index contributed by atoms with van der Waals surface area (Å²) in [5, 5.41) is -0.223. The molecule has 2 aliphatic rings. The molecule has 0 spiro atoms. The van der Waals surface area contributed by atoms with E-state index in [0.29, 0.717) is 5.75 Å². The minimum atomic E-state index is -2.83. The van der Waals surface area contributed by atoms with Crippen molar-refractivity contribution in [1.29, 1.82) is 0 Å². The number of hydrogen-bond acceptors (Lipinski definition) is 3. The SMILES string of the molecule is NC1(C2CCCS2(=O)=O)CCC1. The Hall–Kier alpha value is -0.0900. The lowest BCUT2D eigenvalue weighted by molar-refractivity contribution is 0.234. The summed E-state index contributed by atoms with van der Waals surface area (Å²) in [5.41, 5.74) is 5.65. The smallest absolute Gasteiger partial charge is 0.154 e. The fraction of sp³-hybridized carbons (Fsp3) is 1.00. The molecule has 1 saturated heterocycles. The van der Waals surface area contributed by atoms with Gasteiger partial charge in [-0.15, -0.1) is 0 Å². The van der Waals surface area contributed by atoms with Crippen LogP contribution in [-0.2, 0) is 9.84 Å². The molecule has 2 fully saturated rings. The zero-order valence-corrected chi connectivity index (χ0v) is 7.94. The first kappa shape index (κ1) is 8.51. The van der Waals surface area contributed by atoms with Crippen molar-refractivity contribution in [2.24, 2.45) is 5.73 Å². The summed E-state index contributed by atoms with van der Waals surface area (Å²) in [4.78, 5) is 0. The molecule has 1 aliphatic carbocycles. The molecule has 3 nitrogen and oxygen atoms in total. The fourth-order valence-electron chi connectivity index (χ4n) is 2.34. The van der Waals surface area contributed by atoms with E-state index in [1.54, 1.807) is 0 Å². The molecule has 1 unspecified atom stereocenters. The van der Waals surface area contributed by atoms with E-state index in [2.05, 4.69) is 0 Å². The maximum absolute atomic E-state index is 11.5. The Morgan fingerprint density at radius 3 is 2.25 bits per heavy atom. The summed E-state index contributed by atoms with van der Waals surface area (Å²) in [6.45, 7) is 0. The average molecular weight is 189 g/mol. The van der Waals surface area contributed by atoms with Crippen molar-refractivity contribution in [3.63, 3.8) is 0 Å². The molecular formula is C8H15NO2S. The van der Waals surface area contributed by atoms with Crippen molar-refractivity contribution in [3.8, 4) is 0 Å². The molecule has 0 bridgehead atoms. The van der Waals surface area contributed by atoms with Crippen LogP contribution in [0.3, 0.4) is 0 Å². The van der Waals surface area contributed by atoms with Crippen molar-refractivity contribution in [2.75, 3.05) is 5.75 Å². The molecule has 1 heterocycles. The van der Waals surface area contributed by atoms with Crippen LogP contribution in [-0.4, -0.2) is 25.0 Å². The highest BCUT2D eigenvalue weighted by molar-refractivity contribution is 7.92. The van der Waals surface area contributed by atoms with E-state index in [0.717, 1.165) is 32.1 Å². The van der Waals surface area contributed by atoms with E-state index >= 15 is 0 Å². The zero-order chi connectivity index (χ0) is 8.82. The van der Waals surface area contributed by atoms with Crippen LogP contribution >= 0.6 is 0 Å². The largest absolute Gasteiger partial charge is 0.324 e. The van der Waals surface area contributed by atoms with Crippen LogP contribution in [0.5, 0.6) is 0 Å². The predicted molar refractivity (Wildman–Crippen MR) is 47.6 cm³/mol. The lowest BCUT2D eigenvalue weighted by Gasteiger charge is -2.42. The third-order valence-electron chi connectivity index (χ3n) is 3.25. The minimum Gasteiger partial charge on any atom is -0.324 e. The van der Waals surface area contributed by atoms with Gasteiger partial charge < -0.3 is 5.73 Å². The fourth-order valence-corrected chi connectivity index (χ4v) is 4.67. The Morgan fingerprint density at radius 2 is 1.92 bits per heavy atom. The van der Waals surface area contributed by atoms with Crippen molar-refractivity contribution in [1.82, 2.24) is 0 Å². The maximum Gasteiger partial charge on any atom is 0.154 e. The molecule has 0 radical (unpaired) electrons. The van der Waals surface area contributed by atoms with Gasteiger partial charge in [0, 0.05) is 5.54 Å². The maximum atomic E-state index is 11.5. The highest BCUT2D eigenvalue weighted by Gasteiger charge is 2.49. The van der Waals surface area contributed by atoms with Gasteiger partial charge in [0.15, 0.2) is 9.84 Å². The molecule has 1 atom stereocenters. The molecular weight excluding hydrogens is 174 g/mol. The van der Waals surface area contributed by atoms with E-state index in [1.165, 1.54) is 0 Å². The summed E-state index contributed by atoms with van der Waals surface area (Å²) in [6, 6.07) is 0. The van der Waals surface area contributed by atoms with Gasteiger partial charge in [-0.25, -0.2) is 8.42 Å². The van der Waals surface area contributed by atoms with E-state index in [4.69, 9.17) is 5.73 Å². The number of rotatable bonds is 1. The standard InChI is InChI=1S/C8H15NO2S/c9-8(4-2-5-8)7-3-1-6-12(7,10)11/h7H,1-6,9H2. The first-order valence-electron chi connectivity index (χ1n) is 4.55. The number of nitrogens with two attached hydrogens (primary N) is 1. The van der Waals surface area contributed by atoms with Crippen molar-refractivity contribution < 1.29 is 8.42 Å². The van der Waals surface area contributed by atoms with Crippen LogP contribution in [0.4, 0.5) is 0 Å². The van der Waals surface area contributed by atoms with Crippen LogP contribution in [0.15, 0.2) is 0 Å². The molecule has 0 aromatic heterocycles. The monoisotopic (exact) mass is 189 g/mol. The summed E-state index contributed by atoms with van der Waals surface area (Å²) in [7, 11) is -2.83. The molecule has 2 N–H and O–H groups in total. The Bertz CT molecular complexity index is 279. The highest BCUT2D eigenvalue weighted by atomic mass is 32.2. The van der Waals surface area contributed by atoms with Gasteiger partial charge in [-0.05, 0) is 32.1 Å². The first-order valence-corrected chi connectivity index (χ1v) is 6.27. The molecule has 1 saturated carbocycles. The van der Waals surface area contributed by atoms with E-state index in [-0.39, 0.29) is 10.8 Å². The molecule has 2 rings (SSSR count). The molecule has 0 amide bonds. The van der Waals surface area contributed by atoms with E-state index < -0.39 is 9.84 Å². The third kappa shape index (κ3) is 1.09. The van der Waals surface area contributed by atoms with Crippen molar-refractivity contribution >= 4 is 9.84 Å². The van der Waals surface area contributed by atoms with Crippen LogP contribution in [0, 0.1) is 0 Å². The van der Waals surface area contributed by atoms with Crippen LogP contribution in [0.2, 0.25) is 0 Å². The van der Waals surface area contributed by atoms with Gasteiger partial charge in [0.25, 0.3) is 0 Å². The Morgan fingerprint density at radius 1 is 1.25 bits per heavy atom.